The van der Waals surface area contributed by atoms with Gasteiger partial charge in [-0.3, -0.25) is 19.8 Å². The molecule has 2 fully saturated rings. The Morgan fingerprint density at radius 3 is 2.70 bits per heavy atom. The van der Waals surface area contributed by atoms with Crippen LogP contribution >= 0.6 is 0 Å². The van der Waals surface area contributed by atoms with Gasteiger partial charge in [0.05, 0.1) is 23.6 Å². The molecule has 3 aliphatic heterocycles. The largest absolute Gasteiger partial charge is 0.368 e. The minimum atomic E-state index is -0.370. The van der Waals surface area contributed by atoms with E-state index < -0.39 is 0 Å². The molecule has 2 amide bonds. The number of hydrogen-bond acceptors (Lipinski definition) is 5. The van der Waals surface area contributed by atoms with E-state index >= 15 is 0 Å². The highest BCUT2D eigenvalue weighted by Crippen LogP contribution is 2.39. The van der Waals surface area contributed by atoms with Gasteiger partial charge in [-0.25, -0.2) is 0 Å². The summed E-state index contributed by atoms with van der Waals surface area (Å²) < 4.78 is 5.65. The van der Waals surface area contributed by atoms with Crippen molar-refractivity contribution in [3.8, 4) is 0 Å². The van der Waals surface area contributed by atoms with Gasteiger partial charge in [0.2, 0.25) is 5.91 Å². The molecular formula is C20H28N4O3. The number of carbonyl (C=O) groups is 2. The zero-order valence-corrected chi connectivity index (χ0v) is 16.3. The molecule has 3 heterocycles. The van der Waals surface area contributed by atoms with Gasteiger partial charge in [-0.15, -0.1) is 0 Å². The van der Waals surface area contributed by atoms with E-state index in [-0.39, 0.29) is 30.1 Å². The molecule has 1 N–H and O–H groups in total. The topological polar surface area (TPSA) is 65.1 Å². The van der Waals surface area contributed by atoms with E-state index in [0.717, 1.165) is 42.9 Å². The van der Waals surface area contributed by atoms with Crippen molar-refractivity contribution in [2.75, 3.05) is 43.1 Å². The summed E-state index contributed by atoms with van der Waals surface area (Å²) in [6, 6.07) is 6.02. The molecule has 0 bridgehead atoms. The Balaban J connectivity index is 1.75. The van der Waals surface area contributed by atoms with Crippen LogP contribution < -0.4 is 15.1 Å². The fourth-order valence-corrected chi connectivity index (χ4v) is 4.48. The lowest BCUT2D eigenvalue weighted by molar-refractivity contribution is -0.127. The Kier molecular flexibility index (Phi) is 4.92. The molecule has 4 rings (SSSR count). The molecule has 0 radical (unpaired) electrons. The maximum absolute atomic E-state index is 13.2. The molecule has 1 aromatic rings. The molecular weight excluding hydrogens is 344 g/mol. The minimum absolute atomic E-state index is 0.00294. The van der Waals surface area contributed by atoms with Crippen molar-refractivity contribution >= 4 is 23.2 Å². The summed E-state index contributed by atoms with van der Waals surface area (Å²) in [4.78, 5) is 31.3. The van der Waals surface area contributed by atoms with Gasteiger partial charge in [0.15, 0.2) is 0 Å². The average molecular weight is 372 g/mol. The third kappa shape index (κ3) is 3.24. The quantitative estimate of drug-likeness (QED) is 0.852. The summed E-state index contributed by atoms with van der Waals surface area (Å²) in [7, 11) is 2.09. The summed E-state index contributed by atoms with van der Waals surface area (Å²) in [6.45, 7) is 6.62. The standard InChI is InChI=1S/C20H28N4O3/c1-13-12-23(20(26)18-5-4-10-27-18)17-11-15(19-21-8-9-22(19)3)6-7-16(17)24(13)14(2)25/h6-7,11,13,18-19,21H,4-5,8-10,12H2,1-3H3. The zero-order chi connectivity index (χ0) is 19.1. The number of rotatable bonds is 2. The molecule has 0 aliphatic carbocycles. The predicted octanol–water partition coefficient (Wildman–Crippen LogP) is 1.49. The highest BCUT2D eigenvalue weighted by molar-refractivity contribution is 6.05. The summed E-state index contributed by atoms with van der Waals surface area (Å²) in [5.41, 5.74) is 2.72. The van der Waals surface area contributed by atoms with Crippen LogP contribution in [0.4, 0.5) is 11.4 Å². The van der Waals surface area contributed by atoms with Gasteiger partial charge < -0.3 is 14.5 Å². The molecule has 3 aliphatic rings. The second-order valence-corrected chi connectivity index (χ2v) is 7.77. The van der Waals surface area contributed by atoms with Crippen molar-refractivity contribution < 1.29 is 14.3 Å². The molecule has 1 aromatic carbocycles. The van der Waals surface area contributed by atoms with Gasteiger partial charge >= 0.3 is 0 Å². The molecule has 3 atom stereocenters. The van der Waals surface area contributed by atoms with Crippen molar-refractivity contribution in [2.24, 2.45) is 0 Å². The van der Waals surface area contributed by atoms with Crippen molar-refractivity contribution in [3.63, 3.8) is 0 Å². The number of amides is 2. The number of hydrogen-bond donors (Lipinski definition) is 1. The lowest BCUT2D eigenvalue weighted by Gasteiger charge is -2.42. The predicted molar refractivity (Wildman–Crippen MR) is 104 cm³/mol. The third-order valence-electron chi connectivity index (χ3n) is 5.81. The summed E-state index contributed by atoms with van der Waals surface area (Å²) >= 11 is 0. The van der Waals surface area contributed by atoms with Crippen LogP contribution in [0.15, 0.2) is 18.2 Å². The Morgan fingerprint density at radius 1 is 1.26 bits per heavy atom. The minimum Gasteiger partial charge on any atom is -0.368 e. The molecule has 3 unspecified atom stereocenters. The highest BCUT2D eigenvalue weighted by Gasteiger charge is 2.38. The number of nitrogens with zero attached hydrogens (tertiary/aromatic N) is 3. The van der Waals surface area contributed by atoms with Crippen LogP contribution in [0.5, 0.6) is 0 Å². The second kappa shape index (κ2) is 7.22. The number of anilines is 2. The second-order valence-electron chi connectivity index (χ2n) is 7.77. The summed E-state index contributed by atoms with van der Waals surface area (Å²) in [5.74, 6) is 0.00510. The molecule has 7 heteroatoms. The van der Waals surface area contributed by atoms with Gasteiger partial charge in [-0.2, -0.15) is 0 Å². The van der Waals surface area contributed by atoms with Gasteiger partial charge in [-0.05, 0) is 44.5 Å². The lowest BCUT2D eigenvalue weighted by Crippen LogP contribution is -2.53. The first-order valence-corrected chi connectivity index (χ1v) is 9.77. The maximum atomic E-state index is 13.2. The molecule has 146 valence electrons. The molecule has 0 spiro atoms. The lowest BCUT2D eigenvalue weighted by atomic mass is 10.0. The first-order chi connectivity index (χ1) is 13.0. The zero-order valence-electron chi connectivity index (χ0n) is 16.3. The smallest absolute Gasteiger partial charge is 0.256 e. The fourth-order valence-electron chi connectivity index (χ4n) is 4.48. The average Bonchev–Trinajstić information content (AvgIpc) is 3.31. The Bertz CT molecular complexity index is 747. The van der Waals surface area contributed by atoms with Crippen LogP contribution in [0.1, 0.15) is 38.4 Å². The van der Waals surface area contributed by atoms with E-state index in [9.17, 15) is 9.59 Å². The van der Waals surface area contributed by atoms with Crippen molar-refractivity contribution in [1.82, 2.24) is 10.2 Å². The Hall–Kier alpha value is -1.96. The first-order valence-electron chi connectivity index (χ1n) is 9.77. The highest BCUT2D eigenvalue weighted by atomic mass is 16.5. The van der Waals surface area contributed by atoms with Gasteiger partial charge in [-0.1, -0.05) is 6.07 Å². The van der Waals surface area contributed by atoms with Crippen LogP contribution in [0.2, 0.25) is 0 Å². The monoisotopic (exact) mass is 372 g/mol. The number of carbonyl (C=O) groups excluding carboxylic acids is 2. The normalized spacial score (nSPS) is 28.5. The Morgan fingerprint density at radius 2 is 2.07 bits per heavy atom. The van der Waals surface area contributed by atoms with Crippen LogP contribution in [-0.4, -0.2) is 62.1 Å². The summed E-state index contributed by atoms with van der Waals surface area (Å²) in [5, 5.41) is 3.49. The number of benzene rings is 1. The van der Waals surface area contributed by atoms with E-state index in [2.05, 4.69) is 29.4 Å². The van der Waals surface area contributed by atoms with E-state index in [1.54, 1.807) is 11.8 Å². The summed E-state index contributed by atoms with van der Waals surface area (Å²) in [6.07, 6.45) is 1.44. The number of fused-ring (bicyclic) bond motifs is 1. The number of likely N-dealkylation sites (N-methyl/N-ethyl adjacent to an activating group) is 1. The van der Waals surface area contributed by atoms with E-state index in [1.807, 2.05) is 17.9 Å². The van der Waals surface area contributed by atoms with Crippen LogP contribution in [0, 0.1) is 0 Å². The molecule has 27 heavy (non-hydrogen) atoms. The molecule has 0 aromatic heterocycles. The molecule has 0 saturated carbocycles. The van der Waals surface area contributed by atoms with Gasteiger partial charge in [0, 0.05) is 33.2 Å². The van der Waals surface area contributed by atoms with Crippen LogP contribution in [0.25, 0.3) is 0 Å². The van der Waals surface area contributed by atoms with Crippen molar-refractivity contribution in [3.05, 3.63) is 23.8 Å². The third-order valence-corrected chi connectivity index (χ3v) is 5.81. The fraction of sp³-hybridized carbons (Fsp3) is 0.600. The first kappa shape index (κ1) is 18.4. The van der Waals surface area contributed by atoms with E-state index in [1.165, 1.54) is 0 Å². The maximum Gasteiger partial charge on any atom is 0.256 e. The van der Waals surface area contributed by atoms with Gasteiger partial charge in [0.1, 0.15) is 6.10 Å². The Labute approximate surface area is 160 Å². The molecule has 2 saturated heterocycles. The van der Waals surface area contributed by atoms with Gasteiger partial charge in [0.25, 0.3) is 5.91 Å². The van der Waals surface area contributed by atoms with Crippen LogP contribution in [-0.2, 0) is 14.3 Å². The van der Waals surface area contributed by atoms with Crippen LogP contribution in [0.3, 0.4) is 0 Å². The van der Waals surface area contributed by atoms with Crippen molar-refractivity contribution in [2.45, 2.75) is 45.0 Å². The van der Waals surface area contributed by atoms with E-state index in [0.29, 0.717) is 13.2 Å². The number of ether oxygens (including phenoxy) is 1. The van der Waals surface area contributed by atoms with Crippen molar-refractivity contribution in [1.29, 1.82) is 0 Å². The SMILES string of the molecule is CC(=O)N1c2ccc(C3NCCN3C)cc2N(C(=O)C2CCCO2)CC1C. The van der Waals surface area contributed by atoms with E-state index in [4.69, 9.17) is 4.74 Å². The number of nitrogens with one attached hydrogen (secondary N) is 1. The molecule has 7 nitrogen and oxygen atoms in total.